The molecule has 1 saturated carbocycles. The Hall–Kier alpha value is -1.65. The highest BCUT2D eigenvalue weighted by Gasteiger charge is 2.31. The number of anilines is 1. The number of likely N-dealkylation sites (tertiary alicyclic amines) is 1. The fourth-order valence-electron chi connectivity index (χ4n) is 3.11. The maximum absolute atomic E-state index is 12.0. The summed E-state index contributed by atoms with van der Waals surface area (Å²) >= 11 is 0. The SMILES string of the molecule is O=C(CCC1CCCC1)N1CC(Nc2ncccn2)C1. The lowest BCUT2D eigenvalue weighted by atomic mass is 10.00. The second-order valence-corrected chi connectivity index (χ2v) is 5.90. The van der Waals surface area contributed by atoms with Gasteiger partial charge in [0.05, 0.1) is 6.04 Å². The molecular weight excluding hydrogens is 252 g/mol. The first-order valence-electron chi connectivity index (χ1n) is 7.62. The van der Waals surface area contributed by atoms with Crippen molar-refractivity contribution in [3.63, 3.8) is 0 Å². The van der Waals surface area contributed by atoms with Gasteiger partial charge in [-0.25, -0.2) is 9.97 Å². The molecule has 1 aliphatic carbocycles. The van der Waals surface area contributed by atoms with E-state index in [-0.39, 0.29) is 0 Å². The maximum Gasteiger partial charge on any atom is 0.222 e. The fourth-order valence-corrected chi connectivity index (χ4v) is 3.11. The molecule has 0 unspecified atom stereocenters. The third kappa shape index (κ3) is 3.26. The van der Waals surface area contributed by atoms with E-state index in [1.807, 2.05) is 4.90 Å². The summed E-state index contributed by atoms with van der Waals surface area (Å²) in [4.78, 5) is 22.3. The average molecular weight is 274 g/mol. The Balaban J connectivity index is 1.35. The molecule has 1 N–H and O–H groups in total. The molecule has 1 amide bonds. The van der Waals surface area contributed by atoms with Crippen LogP contribution in [0.15, 0.2) is 18.5 Å². The molecule has 108 valence electrons. The Morgan fingerprint density at radius 2 is 1.95 bits per heavy atom. The van der Waals surface area contributed by atoms with E-state index in [2.05, 4.69) is 15.3 Å². The molecule has 5 nitrogen and oxygen atoms in total. The van der Waals surface area contributed by atoms with Crippen LogP contribution in [0.5, 0.6) is 0 Å². The number of rotatable bonds is 5. The smallest absolute Gasteiger partial charge is 0.222 e. The van der Waals surface area contributed by atoms with E-state index in [1.165, 1.54) is 25.7 Å². The van der Waals surface area contributed by atoms with Gasteiger partial charge in [-0.3, -0.25) is 4.79 Å². The Morgan fingerprint density at radius 1 is 1.25 bits per heavy atom. The summed E-state index contributed by atoms with van der Waals surface area (Å²) in [6.07, 6.45) is 10.6. The second kappa shape index (κ2) is 6.20. The van der Waals surface area contributed by atoms with E-state index in [0.717, 1.165) is 31.8 Å². The minimum Gasteiger partial charge on any atom is -0.348 e. The number of hydrogen-bond acceptors (Lipinski definition) is 4. The lowest BCUT2D eigenvalue weighted by Gasteiger charge is -2.39. The van der Waals surface area contributed by atoms with E-state index in [0.29, 0.717) is 17.9 Å². The van der Waals surface area contributed by atoms with Crippen LogP contribution in [0.3, 0.4) is 0 Å². The Labute approximate surface area is 119 Å². The van der Waals surface area contributed by atoms with Crippen molar-refractivity contribution < 1.29 is 4.79 Å². The van der Waals surface area contributed by atoms with Crippen LogP contribution in [0.1, 0.15) is 38.5 Å². The van der Waals surface area contributed by atoms with E-state index < -0.39 is 0 Å². The van der Waals surface area contributed by atoms with Crippen molar-refractivity contribution in [1.29, 1.82) is 0 Å². The van der Waals surface area contributed by atoms with Gasteiger partial charge >= 0.3 is 0 Å². The predicted molar refractivity (Wildman–Crippen MR) is 77.2 cm³/mol. The first-order valence-corrected chi connectivity index (χ1v) is 7.62. The molecule has 0 atom stereocenters. The Kier molecular flexibility index (Phi) is 4.14. The normalized spacial score (nSPS) is 19.9. The first-order chi connectivity index (χ1) is 9.81. The van der Waals surface area contributed by atoms with Gasteiger partial charge in [-0.1, -0.05) is 25.7 Å². The minimum absolute atomic E-state index is 0.299. The van der Waals surface area contributed by atoms with Crippen LogP contribution < -0.4 is 5.32 Å². The number of nitrogens with zero attached hydrogens (tertiary/aromatic N) is 3. The monoisotopic (exact) mass is 274 g/mol. The Bertz CT molecular complexity index is 438. The van der Waals surface area contributed by atoms with Crippen LogP contribution >= 0.6 is 0 Å². The molecule has 0 bridgehead atoms. The second-order valence-electron chi connectivity index (χ2n) is 5.90. The zero-order chi connectivity index (χ0) is 13.8. The van der Waals surface area contributed by atoms with Crippen molar-refractivity contribution in [3.05, 3.63) is 18.5 Å². The van der Waals surface area contributed by atoms with E-state index in [4.69, 9.17) is 0 Å². The summed E-state index contributed by atoms with van der Waals surface area (Å²) in [6.45, 7) is 1.56. The van der Waals surface area contributed by atoms with Crippen molar-refractivity contribution in [2.45, 2.75) is 44.6 Å². The molecule has 0 spiro atoms. The van der Waals surface area contributed by atoms with E-state index in [1.54, 1.807) is 18.5 Å². The number of carbonyl (C=O) groups is 1. The molecule has 0 aromatic carbocycles. The number of hydrogen-bond donors (Lipinski definition) is 1. The van der Waals surface area contributed by atoms with Gasteiger partial charge in [-0.05, 0) is 18.4 Å². The van der Waals surface area contributed by atoms with Crippen LogP contribution in [0.2, 0.25) is 0 Å². The molecule has 5 heteroatoms. The van der Waals surface area contributed by atoms with Gasteiger partial charge < -0.3 is 10.2 Å². The largest absolute Gasteiger partial charge is 0.348 e. The van der Waals surface area contributed by atoms with Crippen LogP contribution in [-0.4, -0.2) is 39.9 Å². The molecule has 1 aromatic rings. The average Bonchev–Trinajstić information content (AvgIpc) is 2.94. The highest BCUT2D eigenvalue weighted by Crippen LogP contribution is 2.29. The van der Waals surface area contributed by atoms with Crippen molar-refractivity contribution in [3.8, 4) is 0 Å². The fraction of sp³-hybridized carbons (Fsp3) is 0.667. The molecule has 1 aliphatic heterocycles. The summed E-state index contributed by atoms with van der Waals surface area (Å²) in [6, 6.07) is 2.10. The lowest BCUT2D eigenvalue weighted by Crippen LogP contribution is -2.57. The molecule has 1 saturated heterocycles. The van der Waals surface area contributed by atoms with Crippen LogP contribution in [0.25, 0.3) is 0 Å². The topological polar surface area (TPSA) is 58.1 Å². The molecule has 0 radical (unpaired) electrons. The van der Waals surface area contributed by atoms with Gasteiger partial charge in [0.15, 0.2) is 0 Å². The van der Waals surface area contributed by atoms with Crippen molar-refractivity contribution in [2.75, 3.05) is 18.4 Å². The van der Waals surface area contributed by atoms with Crippen molar-refractivity contribution >= 4 is 11.9 Å². The van der Waals surface area contributed by atoms with Gasteiger partial charge in [-0.15, -0.1) is 0 Å². The van der Waals surface area contributed by atoms with Gasteiger partial charge in [0.25, 0.3) is 0 Å². The number of nitrogens with one attached hydrogen (secondary N) is 1. The number of carbonyl (C=O) groups excluding carboxylic acids is 1. The summed E-state index contributed by atoms with van der Waals surface area (Å²) in [5.41, 5.74) is 0. The van der Waals surface area contributed by atoms with Crippen LogP contribution in [0, 0.1) is 5.92 Å². The molecular formula is C15H22N4O. The number of aromatic nitrogens is 2. The highest BCUT2D eigenvalue weighted by atomic mass is 16.2. The van der Waals surface area contributed by atoms with Gasteiger partial charge in [0.2, 0.25) is 11.9 Å². The Morgan fingerprint density at radius 3 is 2.65 bits per heavy atom. The summed E-state index contributed by atoms with van der Waals surface area (Å²) in [5.74, 6) is 1.76. The first kappa shape index (κ1) is 13.3. The lowest BCUT2D eigenvalue weighted by molar-refractivity contribution is -0.135. The minimum atomic E-state index is 0.299. The predicted octanol–water partition coefficient (Wildman–Crippen LogP) is 2.07. The van der Waals surface area contributed by atoms with E-state index >= 15 is 0 Å². The van der Waals surface area contributed by atoms with Gasteiger partial charge in [0, 0.05) is 31.9 Å². The van der Waals surface area contributed by atoms with Crippen LogP contribution in [-0.2, 0) is 4.79 Å². The van der Waals surface area contributed by atoms with Crippen molar-refractivity contribution in [2.24, 2.45) is 5.92 Å². The molecule has 1 aromatic heterocycles. The summed E-state index contributed by atoms with van der Waals surface area (Å²) in [5, 5.41) is 3.24. The van der Waals surface area contributed by atoms with Crippen molar-refractivity contribution in [1.82, 2.24) is 14.9 Å². The quantitative estimate of drug-likeness (QED) is 0.893. The zero-order valence-corrected chi connectivity index (χ0v) is 11.8. The standard InChI is InChI=1S/C15H22N4O/c20-14(7-6-12-4-1-2-5-12)19-10-13(11-19)18-15-16-8-3-9-17-15/h3,8-9,12-13H,1-2,4-7,10-11H2,(H,16,17,18). The van der Waals surface area contributed by atoms with Gasteiger partial charge in [-0.2, -0.15) is 0 Å². The third-order valence-corrected chi connectivity index (χ3v) is 4.37. The third-order valence-electron chi connectivity index (χ3n) is 4.37. The molecule has 3 rings (SSSR count). The summed E-state index contributed by atoms with van der Waals surface area (Å²) in [7, 11) is 0. The van der Waals surface area contributed by atoms with E-state index in [9.17, 15) is 4.79 Å². The summed E-state index contributed by atoms with van der Waals surface area (Å²) < 4.78 is 0. The molecule has 2 fully saturated rings. The molecule has 2 heterocycles. The zero-order valence-electron chi connectivity index (χ0n) is 11.8. The van der Waals surface area contributed by atoms with Gasteiger partial charge in [0.1, 0.15) is 0 Å². The van der Waals surface area contributed by atoms with Crippen LogP contribution in [0.4, 0.5) is 5.95 Å². The highest BCUT2D eigenvalue weighted by molar-refractivity contribution is 5.77. The molecule has 20 heavy (non-hydrogen) atoms. The number of amides is 1. The maximum atomic E-state index is 12.0. The molecule has 2 aliphatic rings.